The molecule has 0 amide bonds. The maximum absolute atomic E-state index is 5.83. The van der Waals surface area contributed by atoms with Crippen molar-refractivity contribution in [3.8, 4) is 11.4 Å². The Bertz CT molecular complexity index is 824. The van der Waals surface area contributed by atoms with Gasteiger partial charge in [0.25, 0.3) is 0 Å². The summed E-state index contributed by atoms with van der Waals surface area (Å²) >= 11 is 0. The van der Waals surface area contributed by atoms with Gasteiger partial charge in [-0.05, 0) is 13.3 Å². The Morgan fingerprint density at radius 2 is 2.08 bits per heavy atom. The highest BCUT2D eigenvalue weighted by atomic mass is 16.5. The molecule has 0 aliphatic carbocycles. The second kappa shape index (κ2) is 6.09. The van der Waals surface area contributed by atoms with Crippen LogP contribution in [0.2, 0.25) is 0 Å². The summed E-state index contributed by atoms with van der Waals surface area (Å²) in [5.41, 5.74) is 2.13. The summed E-state index contributed by atoms with van der Waals surface area (Å²) in [6.45, 7) is 2.72. The molecule has 0 bridgehead atoms. The van der Waals surface area contributed by atoms with Crippen molar-refractivity contribution < 1.29 is 9.26 Å². The zero-order chi connectivity index (χ0) is 16.5. The molecular weight excluding hydrogens is 306 g/mol. The Hall–Kier alpha value is -2.67. The van der Waals surface area contributed by atoms with E-state index in [4.69, 9.17) is 9.26 Å². The van der Waals surface area contributed by atoms with Crippen LogP contribution < -0.4 is 5.32 Å². The molecule has 0 saturated carbocycles. The van der Waals surface area contributed by atoms with Crippen molar-refractivity contribution in [3.63, 3.8) is 0 Å². The summed E-state index contributed by atoms with van der Waals surface area (Å²) < 4.78 is 13.2. The van der Waals surface area contributed by atoms with Gasteiger partial charge in [0.05, 0.1) is 6.04 Å². The molecule has 1 fully saturated rings. The summed E-state index contributed by atoms with van der Waals surface area (Å²) in [5, 5.41) is 7.34. The molecule has 124 valence electrons. The van der Waals surface area contributed by atoms with E-state index in [2.05, 4.69) is 20.4 Å². The third-order valence-electron chi connectivity index (χ3n) is 4.25. The molecule has 1 aromatic carbocycles. The number of rotatable bonds is 4. The lowest BCUT2D eigenvalue weighted by Gasteiger charge is -2.18. The van der Waals surface area contributed by atoms with E-state index in [1.165, 1.54) is 5.56 Å². The summed E-state index contributed by atoms with van der Waals surface area (Å²) in [6, 6.07) is 8.48. The van der Waals surface area contributed by atoms with Gasteiger partial charge in [0.1, 0.15) is 11.9 Å². The van der Waals surface area contributed by atoms with Gasteiger partial charge in [-0.2, -0.15) is 4.98 Å². The van der Waals surface area contributed by atoms with Crippen molar-refractivity contribution in [1.29, 1.82) is 0 Å². The van der Waals surface area contributed by atoms with Crippen LogP contribution in [0.25, 0.3) is 11.4 Å². The first-order valence-corrected chi connectivity index (χ1v) is 7.97. The number of anilines is 1. The fourth-order valence-electron chi connectivity index (χ4n) is 2.90. The Balaban J connectivity index is 1.51. The van der Waals surface area contributed by atoms with Gasteiger partial charge in [-0.15, -0.1) is 0 Å². The van der Waals surface area contributed by atoms with Crippen molar-refractivity contribution >= 4 is 6.01 Å². The molecule has 2 atom stereocenters. The smallest absolute Gasteiger partial charge is 0.322 e. The Morgan fingerprint density at radius 3 is 2.83 bits per heavy atom. The summed E-state index contributed by atoms with van der Waals surface area (Å²) in [6.07, 6.45) is 4.42. The lowest BCUT2D eigenvalue weighted by molar-refractivity contribution is 0.0979. The van der Waals surface area contributed by atoms with Gasteiger partial charge in [-0.1, -0.05) is 35.0 Å². The van der Waals surface area contributed by atoms with Crippen LogP contribution in [-0.4, -0.2) is 32.3 Å². The molecule has 1 saturated heterocycles. The van der Waals surface area contributed by atoms with Crippen LogP contribution in [0.3, 0.4) is 0 Å². The average Bonchev–Trinajstić information content (AvgIpc) is 3.30. The van der Waals surface area contributed by atoms with E-state index in [9.17, 15) is 0 Å². The van der Waals surface area contributed by atoms with E-state index in [0.717, 1.165) is 17.8 Å². The van der Waals surface area contributed by atoms with E-state index in [-0.39, 0.29) is 12.1 Å². The van der Waals surface area contributed by atoms with Gasteiger partial charge < -0.3 is 19.1 Å². The average molecular weight is 325 g/mol. The normalized spacial score (nSPS) is 20.4. The zero-order valence-corrected chi connectivity index (χ0v) is 13.6. The van der Waals surface area contributed by atoms with Gasteiger partial charge in [0.15, 0.2) is 0 Å². The Kier molecular flexibility index (Phi) is 3.78. The number of hydrogen-bond acceptors (Lipinski definition) is 6. The molecule has 0 unspecified atom stereocenters. The molecule has 24 heavy (non-hydrogen) atoms. The number of nitrogens with one attached hydrogen (secondary N) is 1. The van der Waals surface area contributed by atoms with E-state index in [1.807, 2.05) is 49.0 Å². The number of imidazole rings is 1. The van der Waals surface area contributed by atoms with Gasteiger partial charge in [0, 0.05) is 31.6 Å². The highest BCUT2D eigenvalue weighted by molar-refractivity contribution is 5.55. The van der Waals surface area contributed by atoms with Crippen molar-refractivity contribution in [2.75, 3.05) is 11.9 Å². The first-order valence-electron chi connectivity index (χ1n) is 7.97. The Morgan fingerprint density at radius 1 is 1.25 bits per heavy atom. The first kappa shape index (κ1) is 14.9. The van der Waals surface area contributed by atoms with Crippen molar-refractivity contribution in [2.45, 2.75) is 25.5 Å². The van der Waals surface area contributed by atoms with Crippen LogP contribution in [-0.2, 0) is 11.8 Å². The summed E-state index contributed by atoms with van der Waals surface area (Å²) in [7, 11) is 1.96. The predicted molar refractivity (Wildman–Crippen MR) is 88.4 cm³/mol. The largest absolute Gasteiger partial charge is 0.368 e. The topological polar surface area (TPSA) is 78.0 Å². The fraction of sp³-hybridized carbons (Fsp3) is 0.353. The number of benzene rings is 1. The third kappa shape index (κ3) is 2.78. The molecule has 2 aromatic heterocycles. The van der Waals surface area contributed by atoms with Crippen LogP contribution >= 0.6 is 0 Å². The van der Waals surface area contributed by atoms with Crippen LogP contribution in [0, 0.1) is 6.92 Å². The van der Waals surface area contributed by atoms with Crippen molar-refractivity contribution in [1.82, 2.24) is 19.7 Å². The minimum Gasteiger partial charge on any atom is -0.368 e. The van der Waals surface area contributed by atoms with Gasteiger partial charge in [-0.3, -0.25) is 0 Å². The molecule has 1 aliphatic rings. The van der Waals surface area contributed by atoms with Crippen molar-refractivity contribution in [3.05, 3.63) is 48.0 Å². The molecule has 7 heteroatoms. The quantitative estimate of drug-likeness (QED) is 0.794. The maximum Gasteiger partial charge on any atom is 0.322 e. The van der Waals surface area contributed by atoms with Gasteiger partial charge in [0.2, 0.25) is 5.82 Å². The molecule has 4 rings (SSSR count). The standard InChI is InChI=1S/C17H19N5O2/c1-11-3-5-12(6-4-11)15-20-17(24-21-15)19-13-7-10-23-14(13)16-18-8-9-22(16)2/h3-6,8-9,13-14H,7,10H2,1-2H3,(H,19,20,21)/t13-,14-/m0/s1. The van der Waals surface area contributed by atoms with E-state index in [1.54, 1.807) is 6.20 Å². The zero-order valence-electron chi connectivity index (χ0n) is 13.6. The molecule has 0 spiro atoms. The van der Waals surface area contributed by atoms with Crippen LogP contribution in [0.4, 0.5) is 6.01 Å². The predicted octanol–water partition coefficient (Wildman–Crippen LogP) is 2.72. The SMILES string of the molecule is Cc1ccc(-c2noc(N[C@H]3CCO[C@@H]3c3nccn3C)n2)cc1. The number of nitrogens with zero attached hydrogens (tertiary/aromatic N) is 4. The third-order valence-corrected chi connectivity index (χ3v) is 4.25. The molecule has 1 aliphatic heterocycles. The van der Waals surface area contributed by atoms with Gasteiger partial charge >= 0.3 is 6.01 Å². The monoisotopic (exact) mass is 325 g/mol. The number of ether oxygens (including phenoxy) is 1. The molecule has 0 radical (unpaired) electrons. The van der Waals surface area contributed by atoms with E-state index in [0.29, 0.717) is 18.4 Å². The van der Waals surface area contributed by atoms with Gasteiger partial charge in [-0.25, -0.2) is 4.98 Å². The van der Waals surface area contributed by atoms with Crippen molar-refractivity contribution in [2.24, 2.45) is 7.05 Å². The molecule has 3 heterocycles. The minimum atomic E-state index is -0.125. The van der Waals surface area contributed by atoms with Crippen LogP contribution in [0.1, 0.15) is 23.9 Å². The first-order chi connectivity index (χ1) is 11.7. The van der Waals surface area contributed by atoms with E-state index >= 15 is 0 Å². The number of aryl methyl sites for hydroxylation is 2. The number of hydrogen-bond donors (Lipinski definition) is 1. The second-order valence-electron chi connectivity index (χ2n) is 6.02. The maximum atomic E-state index is 5.83. The number of aromatic nitrogens is 4. The fourth-order valence-corrected chi connectivity index (χ4v) is 2.90. The summed E-state index contributed by atoms with van der Waals surface area (Å²) in [5.74, 6) is 1.47. The lowest BCUT2D eigenvalue weighted by Crippen LogP contribution is -2.25. The lowest BCUT2D eigenvalue weighted by atomic mass is 10.1. The molecule has 7 nitrogen and oxygen atoms in total. The molecule has 3 aromatic rings. The summed E-state index contributed by atoms with van der Waals surface area (Å²) in [4.78, 5) is 8.82. The molecular formula is C17H19N5O2. The molecule has 1 N–H and O–H groups in total. The Labute approximate surface area is 139 Å². The van der Waals surface area contributed by atoms with E-state index < -0.39 is 0 Å². The minimum absolute atomic E-state index is 0.0532. The van der Waals surface area contributed by atoms with Crippen LogP contribution in [0.15, 0.2) is 41.2 Å². The second-order valence-corrected chi connectivity index (χ2v) is 6.02. The highest BCUT2D eigenvalue weighted by Gasteiger charge is 2.33. The highest BCUT2D eigenvalue weighted by Crippen LogP contribution is 2.30. The van der Waals surface area contributed by atoms with Crippen LogP contribution in [0.5, 0.6) is 0 Å².